The first-order valence-corrected chi connectivity index (χ1v) is 5.47. The zero-order valence-corrected chi connectivity index (χ0v) is 9.39. The van der Waals surface area contributed by atoms with Gasteiger partial charge in [-0.2, -0.15) is 0 Å². The van der Waals surface area contributed by atoms with E-state index in [2.05, 4.69) is 9.97 Å². The topological polar surface area (TPSA) is 66.0 Å². The fourth-order valence-electron chi connectivity index (χ4n) is 1.67. The lowest BCUT2D eigenvalue weighted by atomic mass is 10.4. The number of nitrogen functional groups attached to an aromatic ring is 1. The molecule has 0 atom stereocenters. The summed E-state index contributed by atoms with van der Waals surface area (Å²) in [7, 11) is 0. The molecule has 0 unspecified atom stereocenters. The van der Waals surface area contributed by atoms with Crippen LogP contribution in [0.2, 0.25) is 0 Å². The minimum Gasteiger partial charge on any atom is -0.382 e. The molecule has 0 aromatic carbocycles. The number of nitrogens with two attached hydrogens (primary N) is 1. The van der Waals surface area contributed by atoms with Gasteiger partial charge in [0.2, 0.25) is 5.95 Å². The first-order chi connectivity index (χ1) is 7.83. The molecule has 0 amide bonds. The number of imidazole rings is 1. The molecule has 0 aliphatic heterocycles. The minimum atomic E-state index is 0.519. The number of aromatic nitrogens is 3. The smallest absolute Gasteiger partial charge is 0.202 e. The second-order valence-corrected chi connectivity index (χ2v) is 3.52. The Morgan fingerprint density at radius 1 is 1.50 bits per heavy atom. The van der Waals surface area contributed by atoms with Crippen molar-refractivity contribution in [3.8, 4) is 0 Å². The van der Waals surface area contributed by atoms with Crippen LogP contribution in [0.15, 0.2) is 18.3 Å². The maximum Gasteiger partial charge on any atom is 0.202 e. The van der Waals surface area contributed by atoms with Gasteiger partial charge in [-0.25, -0.2) is 9.97 Å². The van der Waals surface area contributed by atoms with Gasteiger partial charge in [-0.3, -0.25) is 4.57 Å². The molecule has 5 heteroatoms. The van der Waals surface area contributed by atoms with E-state index in [9.17, 15) is 0 Å². The lowest BCUT2D eigenvalue weighted by Crippen LogP contribution is -2.06. The summed E-state index contributed by atoms with van der Waals surface area (Å²) < 4.78 is 7.21. The van der Waals surface area contributed by atoms with Crippen molar-refractivity contribution >= 4 is 17.1 Å². The van der Waals surface area contributed by atoms with Crippen LogP contribution in [0.25, 0.3) is 11.2 Å². The zero-order valence-electron chi connectivity index (χ0n) is 9.39. The second kappa shape index (κ2) is 4.94. The van der Waals surface area contributed by atoms with E-state index in [4.69, 9.17) is 10.5 Å². The number of hydrogen-bond acceptors (Lipinski definition) is 4. The molecule has 2 heterocycles. The van der Waals surface area contributed by atoms with E-state index in [-0.39, 0.29) is 0 Å². The first kappa shape index (κ1) is 10.9. The summed E-state index contributed by atoms with van der Waals surface area (Å²) in [4.78, 5) is 8.53. The fourth-order valence-corrected chi connectivity index (χ4v) is 1.67. The van der Waals surface area contributed by atoms with Crippen molar-refractivity contribution in [2.75, 3.05) is 18.9 Å². The van der Waals surface area contributed by atoms with Crippen molar-refractivity contribution in [2.45, 2.75) is 19.9 Å². The van der Waals surface area contributed by atoms with E-state index < -0.39 is 0 Å². The van der Waals surface area contributed by atoms with Crippen LogP contribution in [-0.4, -0.2) is 27.7 Å². The van der Waals surface area contributed by atoms with E-state index >= 15 is 0 Å². The predicted octanol–water partition coefficient (Wildman–Crippen LogP) is 1.44. The van der Waals surface area contributed by atoms with Crippen LogP contribution >= 0.6 is 0 Å². The van der Waals surface area contributed by atoms with Crippen molar-refractivity contribution in [2.24, 2.45) is 0 Å². The molecule has 2 aromatic rings. The molecule has 0 saturated heterocycles. The number of hydrogen-bond donors (Lipinski definition) is 1. The summed E-state index contributed by atoms with van der Waals surface area (Å²) in [6.45, 7) is 4.27. The molecule has 0 aliphatic carbocycles. The first-order valence-electron chi connectivity index (χ1n) is 5.47. The Hall–Kier alpha value is -1.62. The quantitative estimate of drug-likeness (QED) is 0.774. The van der Waals surface area contributed by atoms with E-state index in [0.717, 1.165) is 37.3 Å². The van der Waals surface area contributed by atoms with Crippen LogP contribution in [-0.2, 0) is 11.3 Å². The molecular weight excluding hydrogens is 204 g/mol. The van der Waals surface area contributed by atoms with Crippen LogP contribution in [0.3, 0.4) is 0 Å². The molecule has 0 fully saturated rings. The minimum absolute atomic E-state index is 0.519. The number of nitrogens with zero attached hydrogens (tertiary/aromatic N) is 3. The predicted molar refractivity (Wildman–Crippen MR) is 63.1 cm³/mol. The van der Waals surface area contributed by atoms with Gasteiger partial charge < -0.3 is 10.5 Å². The summed E-state index contributed by atoms with van der Waals surface area (Å²) in [6.07, 6.45) is 2.67. The SMILES string of the molecule is CCOCCCn1c(N)nc2cccnc21. The Balaban J connectivity index is 2.13. The summed E-state index contributed by atoms with van der Waals surface area (Å²) in [6, 6.07) is 3.77. The van der Waals surface area contributed by atoms with Gasteiger partial charge in [0, 0.05) is 26.0 Å². The molecule has 16 heavy (non-hydrogen) atoms. The van der Waals surface area contributed by atoms with E-state index in [1.165, 1.54) is 0 Å². The number of fused-ring (bicyclic) bond motifs is 1. The molecule has 2 aromatic heterocycles. The maximum atomic E-state index is 5.84. The Labute approximate surface area is 94.2 Å². The standard InChI is InChI=1S/C11H16N4O/c1-2-16-8-4-7-15-10-9(14-11(15)12)5-3-6-13-10/h3,5-6H,2,4,7-8H2,1H3,(H2,12,14). The summed E-state index contributed by atoms with van der Waals surface area (Å²) in [5, 5.41) is 0. The third kappa shape index (κ3) is 2.14. The molecule has 0 spiro atoms. The Morgan fingerprint density at radius 3 is 3.19 bits per heavy atom. The third-order valence-corrected chi connectivity index (χ3v) is 2.41. The van der Waals surface area contributed by atoms with Crippen molar-refractivity contribution in [1.82, 2.24) is 14.5 Å². The van der Waals surface area contributed by atoms with Crippen molar-refractivity contribution < 1.29 is 4.74 Å². The molecule has 0 saturated carbocycles. The van der Waals surface area contributed by atoms with Crippen molar-refractivity contribution in [3.05, 3.63) is 18.3 Å². The lowest BCUT2D eigenvalue weighted by Gasteiger charge is -2.05. The maximum absolute atomic E-state index is 5.84. The molecule has 86 valence electrons. The van der Waals surface area contributed by atoms with E-state index in [1.807, 2.05) is 23.6 Å². The third-order valence-electron chi connectivity index (χ3n) is 2.41. The van der Waals surface area contributed by atoms with Gasteiger partial charge in [0.1, 0.15) is 5.52 Å². The van der Waals surface area contributed by atoms with Gasteiger partial charge in [0.05, 0.1) is 0 Å². The van der Waals surface area contributed by atoms with Crippen molar-refractivity contribution in [3.63, 3.8) is 0 Å². The second-order valence-electron chi connectivity index (χ2n) is 3.52. The molecule has 5 nitrogen and oxygen atoms in total. The number of rotatable bonds is 5. The highest BCUT2D eigenvalue weighted by molar-refractivity contribution is 5.73. The number of anilines is 1. The van der Waals surface area contributed by atoms with Gasteiger partial charge >= 0.3 is 0 Å². The van der Waals surface area contributed by atoms with E-state index in [0.29, 0.717) is 5.95 Å². The van der Waals surface area contributed by atoms with Gasteiger partial charge in [0.25, 0.3) is 0 Å². The normalized spacial score (nSPS) is 11.1. The monoisotopic (exact) mass is 220 g/mol. The molecule has 0 aliphatic rings. The lowest BCUT2D eigenvalue weighted by molar-refractivity contribution is 0.142. The summed E-state index contributed by atoms with van der Waals surface area (Å²) in [5.41, 5.74) is 7.53. The van der Waals surface area contributed by atoms with Crippen LogP contribution < -0.4 is 5.73 Å². The molecule has 2 rings (SSSR count). The van der Waals surface area contributed by atoms with Crippen LogP contribution in [0.1, 0.15) is 13.3 Å². The van der Waals surface area contributed by atoms with Crippen LogP contribution in [0.4, 0.5) is 5.95 Å². The van der Waals surface area contributed by atoms with Crippen LogP contribution in [0, 0.1) is 0 Å². The highest BCUT2D eigenvalue weighted by Gasteiger charge is 2.07. The average molecular weight is 220 g/mol. The van der Waals surface area contributed by atoms with Gasteiger partial charge in [-0.05, 0) is 25.5 Å². The summed E-state index contributed by atoms with van der Waals surface area (Å²) in [5.74, 6) is 0.519. The zero-order chi connectivity index (χ0) is 11.4. The molecule has 2 N–H and O–H groups in total. The van der Waals surface area contributed by atoms with Gasteiger partial charge in [-0.15, -0.1) is 0 Å². The van der Waals surface area contributed by atoms with Crippen LogP contribution in [0.5, 0.6) is 0 Å². The molecule has 0 radical (unpaired) electrons. The van der Waals surface area contributed by atoms with E-state index in [1.54, 1.807) is 6.20 Å². The van der Waals surface area contributed by atoms with Crippen molar-refractivity contribution in [1.29, 1.82) is 0 Å². The Kier molecular flexibility index (Phi) is 3.36. The Bertz CT molecular complexity index is 466. The number of ether oxygens (including phenoxy) is 1. The number of aryl methyl sites for hydroxylation is 1. The molecular formula is C11H16N4O. The highest BCUT2D eigenvalue weighted by Crippen LogP contribution is 2.15. The molecule has 0 bridgehead atoms. The summed E-state index contributed by atoms with van der Waals surface area (Å²) >= 11 is 0. The largest absolute Gasteiger partial charge is 0.382 e. The Morgan fingerprint density at radius 2 is 2.38 bits per heavy atom. The van der Waals surface area contributed by atoms with Gasteiger partial charge in [0.15, 0.2) is 5.65 Å². The van der Waals surface area contributed by atoms with Gasteiger partial charge in [-0.1, -0.05) is 0 Å². The number of pyridine rings is 1. The average Bonchev–Trinajstić information content (AvgIpc) is 2.61. The fraction of sp³-hybridized carbons (Fsp3) is 0.455. The highest BCUT2D eigenvalue weighted by atomic mass is 16.5.